The Morgan fingerprint density at radius 3 is 2.67 bits per heavy atom. The average Bonchev–Trinajstić information content (AvgIpc) is 3.29. The van der Waals surface area contributed by atoms with Gasteiger partial charge in [0, 0.05) is 11.3 Å². The van der Waals surface area contributed by atoms with Gasteiger partial charge in [0.1, 0.15) is 0 Å². The first kappa shape index (κ1) is 15.1. The highest BCUT2D eigenvalue weighted by atomic mass is 32.2. The van der Waals surface area contributed by atoms with Crippen molar-refractivity contribution in [3.8, 4) is 22.9 Å². The third-order valence-corrected chi connectivity index (χ3v) is 4.82. The molecule has 0 saturated heterocycles. The summed E-state index contributed by atoms with van der Waals surface area (Å²) in [7, 11) is 0. The standard InChI is InChI=1S/C18H17N3O2S/c1-2-12-3-6-14(7-4-12)17-19-18(21-20-17)24-10-13-5-8-15-16(9-13)23-11-22-15/h3-9H,2,10-11H2,1H3,(H,19,20,21). The van der Waals surface area contributed by atoms with Crippen LogP contribution in [0.25, 0.3) is 11.4 Å². The number of H-pyrrole nitrogens is 1. The van der Waals surface area contributed by atoms with E-state index in [-0.39, 0.29) is 0 Å². The van der Waals surface area contributed by atoms with Crippen LogP contribution >= 0.6 is 11.8 Å². The fourth-order valence-electron chi connectivity index (χ4n) is 2.52. The van der Waals surface area contributed by atoms with Gasteiger partial charge in [0.25, 0.3) is 0 Å². The molecule has 3 aromatic rings. The van der Waals surface area contributed by atoms with E-state index in [1.54, 1.807) is 11.8 Å². The number of ether oxygens (including phenoxy) is 2. The van der Waals surface area contributed by atoms with E-state index in [9.17, 15) is 0 Å². The third kappa shape index (κ3) is 3.10. The zero-order valence-corrected chi connectivity index (χ0v) is 14.1. The second-order valence-electron chi connectivity index (χ2n) is 5.49. The van der Waals surface area contributed by atoms with Gasteiger partial charge in [-0.2, -0.15) is 0 Å². The van der Waals surface area contributed by atoms with Crippen molar-refractivity contribution in [2.24, 2.45) is 0 Å². The number of hydrogen-bond acceptors (Lipinski definition) is 5. The van der Waals surface area contributed by atoms with Crippen LogP contribution in [-0.2, 0) is 12.2 Å². The summed E-state index contributed by atoms with van der Waals surface area (Å²) < 4.78 is 10.7. The molecule has 0 spiro atoms. The molecule has 2 aromatic carbocycles. The second-order valence-corrected chi connectivity index (χ2v) is 6.44. The van der Waals surface area contributed by atoms with Crippen molar-refractivity contribution < 1.29 is 9.47 Å². The number of rotatable bonds is 5. The van der Waals surface area contributed by atoms with Crippen molar-refractivity contribution in [2.75, 3.05) is 6.79 Å². The fraction of sp³-hybridized carbons (Fsp3) is 0.222. The minimum atomic E-state index is 0.299. The molecule has 0 amide bonds. The molecule has 0 fully saturated rings. The van der Waals surface area contributed by atoms with Crippen LogP contribution in [0.2, 0.25) is 0 Å². The summed E-state index contributed by atoms with van der Waals surface area (Å²) in [6, 6.07) is 14.4. The molecule has 0 radical (unpaired) electrons. The topological polar surface area (TPSA) is 60.0 Å². The number of benzene rings is 2. The Hall–Kier alpha value is -2.47. The lowest BCUT2D eigenvalue weighted by Crippen LogP contribution is -1.92. The Bertz CT molecular complexity index is 846. The highest BCUT2D eigenvalue weighted by Gasteiger charge is 2.13. The molecule has 6 heteroatoms. The minimum absolute atomic E-state index is 0.299. The number of fused-ring (bicyclic) bond motifs is 1. The van der Waals surface area contributed by atoms with Crippen LogP contribution < -0.4 is 9.47 Å². The maximum absolute atomic E-state index is 5.40. The van der Waals surface area contributed by atoms with Crippen molar-refractivity contribution in [1.82, 2.24) is 15.2 Å². The molecule has 24 heavy (non-hydrogen) atoms. The van der Waals surface area contributed by atoms with E-state index in [2.05, 4.69) is 46.4 Å². The molecule has 0 saturated carbocycles. The Balaban J connectivity index is 1.43. The van der Waals surface area contributed by atoms with Gasteiger partial charge in [-0.25, -0.2) is 4.98 Å². The van der Waals surface area contributed by atoms with Gasteiger partial charge in [0.15, 0.2) is 17.3 Å². The molecule has 0 unspecified atom stereocenters. The number of nitrogens with one attached hydrogen (secondary N) is 1. The number of hydrogen-bond donors (Lipinski definition) is 1. The number of aromatic nitrogens is 3. The molecule has 4 rings (SSSR count). The van der Waals surface area contributed by atoms with E-state index in [1.807, 2.05) is 18.2 Å². The summed E-state index contributed by atoms with van der Waals surface area (Å²) in [5.41, 5.74) is 3.52. The number of aryl methyl sites for hydroxylation is 1. The Morgan fingerprint density at radius 1 is 1.04 bits per heavy atom. The zero-order chi connectivity index (χ0) is 16.4. The first-order chi connectivity index (χ1) is 11.8. The zero-order valence-electron chi connectivity index (χ0n) is 13.3. The van der Waals surface area contributed by atoms with Crippen molar-refractivity contribution in [2.45, 2.75) is 24.3 Å². The molecule has 0 bridgehead atoms. The number of aromatic amines is 1. The van der Waals surface area contributed by atoms with Crippen molar-refractivity contribution >= 4 is 11.8 Å². The van der Waals surface area contributed by atoms with Crippen LogP contribution in [0.3, 0.4) is 0 Å². The van der Waals surface area contributed by atoms with E-state index >= 15 is 0 Å². The number of nitrogens with zero attached hydrogens (tertiary/aromatic N) is 2. The quantitative estimate of drug-likeness (QED) is 0.711. The Labute approximate surface area is 144 Å². The first-order valence-corrected chi connectivity index (χ1v) is 8.83. The van der Waals surface area contributed by atoms with E-state index in [0.29, 0.717) is 6.79 Å². The van der Waals surface area contributed by atoms with Gasteiger partial charge in [0.05, 0.1) is 0 Å². The summed E-state index contributed by atoms with van der Waals surface area (Å²) in [6.07, 6.45) is 1.04. The third-order valence-electron chi connectivity index (χ3n) is 3.91. The van der Waals surface area contributed by atoms with Gasteiger partial charge in [0.2, 0.25) is 11.9 Å². The van der Waals surface area contributed by atoms with E-state index in [0.717, 1.165) is 45.8 Å². The minimum Gasteiger partial charge on any atom is -0.454 e. The van der Waals surface area contributed by atoms with Crippen molar-refractivity contribution in [3.05, 3.63) is 53.6 Å². The van der Waals surface area contributed by atoms with Crippen LogP contribution in [-0.4, -0.2) is 22.0 Å². The van der Waals surface area contributed by atoms with Gasteiger partial charge >= 0.3 is 0 Å². The molecule has 0 aliphatic carbocycles. The monoisotopic (exact) mass is 339 g/mol. The molecule has 1 aliphatic heterocycles. The predicted molar refractivity (Wildman–Crippen MR) is 93.3 cm³/mol. The highest BCUT2D eigenvalue weighted by molar-refractivity contribution is 7.98. The van der Waals surface area contributed by atoms with E-state index < -0.39 is 0 Å². The maximum Gasteiger partial charge on any atom is 0.231 e. The van der Waals surface area contributed by atoms with Crippen LogP contribution in [0.1, 0.15) is 18.1 Å². The van der Waals surface area contributed by atoms with Crippen LogP contribution in [0.15, 0.2) is 47.6 Å². The Morgan fingerprint density at radius 2 is 1.83 bits per heavy atom. The van der Waals surface area contributed by atoms with Crippen LogP contribution in [0.4, 0.5) is 0 Å². The molecular weight excluding hydrogens is 322 g/mol. The number of thioether (sulfide) groups is 1. The molecular formula is C18H17N3O2S. The summed E-state index contributed by atoms with van der Waals surface area (Å²) >= 11 is 1.59. The van der Waals surface area contributed by atoms with Crippen LogP contribution in [0, 0.1) is 0 Å². The smallest absolute Gasteiger partial charge is 0.231 e. The lowest BCUT2D eigenvalue weighted by molar-refractivity contribution is 0.174. The summed E-state index contributed by atoms with van der Waals surface area (Å²) in [5, 5.41) is 8.04. The van der Waals surface area contributed by atoms with Crippen molar-refractivity contribution in [3.63, 3.8) is 0 Å². The van der Waals surface area contributed by atoms with Gasteiger partial charge in [-0.05, 0) is 29.7 Å². The summed E-state index contributed by atoms with van der Waals surface area (Å²) in [6.45, 7) is 2.45. The average molecular weight is 339 g/mol. The molecule has 5 nitrogen and oxygen atoms in total. The molecule has 1 N–H and O–H groups in total. The Kier molecular flexibility index (Phi) is 4.13. The van der Waals surface area contributed by atoms with Gasteiger partial charge in [-0.1, -0.05) is 49.0 Å². The van der Waals surface area contributed by atoms with E-state index in [1.165, 1.54) is 5.56 Å². The second kappa shape index (κ2) is 6.57. The normalized spacial score (nSPS) is 12.5. The molecule has 1 aliphatic rings. The lowest BCUT2D eigenvalue weighted by Gasteiger charge is -2.01. The lowest BCUT2D eigenvalue weighted by atomic mass is 10.1. The van der Waals surface area contributed by atoms with Crippen LogP contribution in [0.5, 0.6) is 11.5 Å². The van der Waals surface area contributed by atoms with Crippen molar-refractivity contribution in [1.29, 1.82) is 0 Å². The largest absolute Gasteiger partial charge is 0.454 e. The first-order valence-electron chi connectivity index (χ1n) is 7.85. The molecule has 2 heterocycles. The highest BCUT2D eigenvalue weighted by Crippen LogP contribution is 2.34. The van der Waals surface area contributed by atoms with Gasteiger partial charge in [-0.3, -0.25) is 5.10 Å². The molecule has 0 atom stereocenters. The SMILES string of the molecule is CCc1ccc(-c2nc(SCc3ccc4c(c3)OCO4)n[nH]2)cc1. The molecule has 122 valence electrons. The van der Waals surface area contributed by atoms with E-state index in [4.69, 9.17) is 9.47 Å². The summed E-state index contributed by atoms with van der Waals surface area (Å²) in [4.78, 5) is 4.56. The fourth-order valence-corrected chi connectivity index (χ4v) is 3.26. The molecule has 1 aromatic heterocycles. The van der Waals surface area contributed by atoms with Gasteiger partial charge in [-0.15, -0.1) is 5.10 Å². The summed E-state index contributed by atoms with van der Waals surface area (Å²) in [5.74, 6) is 3.19. The predicted octanol–water partition coefficient (Wildman–Crippen LogP) is 4.06. The maximum atomic E-state index is 5.40. The van der Waals surface area contributed by atoms with Gasteiger partial charge < -0.3 is 9.47 Å².